The van der Waals surface area contributed by atoms with Gasteiger partial charge in [-0.3, -0.25) is 4.99 Å². The Labute approximate surface area is 92.9 Å². The first-order valence-corrected chi connectivity index (χ1v) is 5.33. The lowest BCUT2D eigenvalue weighted by Gasteiger charge is -2.05. The molecular weight excluding hydrogens is 214 g/mol. The van der Waals surface area contributed by atoms with Crippen LogP contribution in [0.2, 0.25) is 0 Å². The average Bonchev–Trinajstić information content (AvgIpc) is 2.72. The molecule has 0 atom stereocenters. The Bertz CT molecular complexity index is 325. The summed E-state index contributed by atoms with van der Waals surface area (Å²) in [5, 5.41) is 1.93. The number of ether oxygens (including phenoxy) is 2. The summed E-state index contributed by atoms with van der Waals surface area (Å²) in [5.74, 6) is 6.80. The van der Waals surface area contributed by atoms with Gasteiger partial charge in [-0.15, -0.1) is 11.3 Å². The Balaban J connectivity index is 2.77. The van der Waals surface area contributed by atoms with Crippen LogP contribution in [0.4, 0.5) is 0 Å². The van der Waals surface area contributed by atoms with E-state index in [-0.39, 0.29) is 0 Å². The highest BCUT2D eigenvalue weighted by Gasteiger charge is 2.10. The molecule has 0 aliphatic rings. The van der Waals surface area contributed by atoms with E-state index in [0.29, 0.717) is 19.0 Å². The molecule has 0 bridgehead atoms. The first-order chi connectivity index (χ1) is 7.33. The molecule has 1 aromatic rings. The number of nitrogens with two attached hydrogens (primary N) is 1. The highest BCUT2D eigenvalue weighted by molar-refractivity contribution is 7.12. The van der Waals surface area contributed by atoms with Crippen LogP contribution in [0, 0.1) is 0 Å². The summed E-state index contributed by atoms with van der Waals surface area (Å²) in [4.78, 5) is 5.17. The molecule has 0 saturated heterocycles. The lowest BCUT2D eigenvalue weighted by Crippen LogP contribution is -2.31. The van der Waals surface area contributed by atoms with Crippen LogP contribution in [0.25, 0.3) is 0 Å². The van der Waals surface area contributed by atoms with Gasteiger partial charge in [-0.25, -0.2) is 5.84 Å². The van der Waals surface area contributed by atoms with Crippen molar-refractivity contribution in [3.05, 3.63) is 16.3 Å². The Morgan fingerprint density at radius 3 is 3.00 bits per heavy atom. The number of nitrogens with one attached hydrogen (secondary N) is 1. The van der Waals surface area contributed by atoms with E-state index in [9.17, 15) is 0 Å². The van der Waals surface area contributed by atoms with Crippen molar-refractivity contribution in [3.63, 3.8) is 0 Å². The van der Waals surface area contributed by atoms with Gasteiger partial charge >= 0.3 is 0 Å². The van der Waals surface area contributed by atoms with E-state index in [2.05, 4.69) is 10.4 Å². The van der Waals surface area contributed by atoms with Crippen LogP contribution in [0.1, 0.15) is 4.88 Å². The first kappa shape index (κ1) is 12.0. The predicted octanol–water partition coefficient (Wildman–Crippen LogP) is 0.613. The van der Waals surface area contributed by atoms with Crippen LogP contribution in [0.3, 0.4) is 0 Å². The number of hydrogen-bond donors (Lipinski definition) is 2. The van der Waals surface area contributed by atoms with E-state index >= 15 is 0 Å². The average molecular weight is 229 g/mol. The monoisotopic (exact) mass is 229 g/mol. The molecule has 5 nitrogen and oxygen atoms in total. The number of hydrazine groups is 1. The van der Waals surface area contributed by atoms with Crippen molar-refractivity contribution < 1.29 is 9.47 Å². The van der Waals surface area contributed by atoms with Crippen molar-refractivity contribution in [3.8, 4) is 5.75 Å². The van der Waals surface area contributed by atoms with Crippen LogP contribution in [-0.4, -0.2) is 33.2 Å². The maximum atomic E-state index is 5.40. The van der Waals surface area contributed by atoms with E-state index in [1.54, 1.807) is 14.2 Å². The molecule has 0 amide bonds. The normalized spacial score (nSPS) is 11.5. The lowest BCUT2D eigenvalue weighted by atomic mass is 10.4. The molecule has 0 aromatic carbocycles. The SMILES string of the molecule is COCCN=C(NN)c1sccc1OC. The summed E-state index contributed by atoms with van der Waals surface area (Å²) in [7, 11) is 3.26. The molecule has 84 valence electrons. The van der Waals surface area contributed by atoms with Crippen LogP contribution in [0.15, 0.2) is 16.4 Å². The van der Waals surface area contributed by atoms with Crippen molar-refractivity contribution >= 4 is 17.2 Å². The second kappa shape index (κ2) is 6.39. The quantitative estimate of drug-likeness (QED) is 0.255. The van der Waals surface area contributed by atoms with Crippen LogP contribution < -0.4 is 16.0 Å². The number of nitrogens with zero attached hydrogens (tertiary/aromatic N) is 1. The van der Waals surface area contributed by atoms with Crippen molar-refractivity contribution in [1.29, 1.82) is 0 Å². The summed E-state index contributed by atoms with van der Waals surface area (Å²) < 4.78 is 10.1. The third-order valence-corrected chi connectivity index (χ3v) is 2.67. The maximum Gasteiger partial charge on any atom is 0.156 e. The zero-order valence-corrected chi connectivity index (χ0v) is 9.63. The molecular formula is C9H15N3O2S. The van der Waals surface area contributed by atoms with E-state index in [1.165, 1.54) is 11.3 Å². The van der Waals surface area contributed by atoms with Gasteiger partial charge in [0, 0.05) is 7.11 Å². The van der Waals surface area contributed by atoms with Gasteiger partial charge < -0.3 is 14.9 Å². The van der Waals surface area contributed by atoms with E-state index in [4.69, 9.17) is 15.3 Å². The molecule has 0 aliphatic heterocycles. The van der Waals surface area contributed by atoms with Gasteiger partial charge in [-0.1, -0.05) is 0 Å². The number of methoxy groups -OCH3 is 2. The van der Waals surface area contributed by atoms with Gasteiger partial charge in [0.25, 0.3) is 0 Å². The molecule has 0 spiro atoms. The Morgan fingerprint density at radius 1 is 1.60 bits per heavy atom. The number of hydrogen-bond acceptors (Lipinski definition) is 5. The van der Waals surface area contributed by atoms with Crippen LogP contribution in [0.5, 0.6) is 5.75 Å². The Morgan fingerprint density at radius 2 is 2.40 bits per heavy atom. The van der Waals surface area contributed by atoms with Crippen molar-refractivity contribution in [2.75, 3.05) is 27.4 Å². The smallest absolute Gasteiger partial charge is 0.156 e. The minimum absolute atomic E-state index is 0.567. The zero-order chi connectivity index (χ0) is 11.1. The third kappa shape index (κ3) is 3.19. The number of thiophene rings is 1. The second-order valence-electron chi connectivity index (χ2n) is 2.69. The topological polar surface area (TPSA) is 68.9 Å². The van der Waals surface area contributed by atoms with Gasteiger partial charge in [-0.05, 0) is 11.4 Å². The predicted molar refractivity (Wildman–Crippen MR) is 61.5 cm³/mol. The van der Waals surface area contributed by atoms with E-state index in [1.807, 2.05) is 11.4 Å². The fourth-order valence-electron chi connectivity index (χ4n) is 1.06. The lowest BCUT2D eigenvalue weighted by molar-refractivity contribution is 0.208. The van der Waals surface area contributed by atoms with Crippen molar-refractivity contribution in [2.24, 2.45) is 10.8 Å². The minimum atomic E-state index is 0.567. The number of aliphatic imine (C=N–C) groups is 1. The largest absolute Gasteiger partial charge is 0.495 e. The van der Waals surface area contributed by atoms with Gasteiger partial charge in [0.15, 0.2) is 5.84 Å². The summed E-state index contributed by atoms with van der Waals surface area (Å²) in [6, 6.07) is 1.88. The standard InChI is InChI=1S/C9H15N3O2S/c1-13-5-4-11-9(12-10)8-7(14-2)3-6-15-8/h3,6H,4-5,10H2,1-2H3,(H,11,12). The second-order valence-corrected chi connectivity index (χ2v) is 3.60. The molecule has 1 rings (SSSR count). The molecule has 1 aromatic heterocycles. The fourth-order valence-corrected chi connectivity index (χ4v) is 1.89. The zero-order valence-electron chi connectivity index (χ0n) is 8.82. The first-order valence-electron chi connectivity index (χ1n) is 4.45. The summed E-state index contributed by atoms with van der Waals surface area (Å²) in [5.41, 5.74) is 2.56. The van der Waals surface area contributed by atoms with Crippen molar-refractivity contribution in [1.82, 2.24) is 5.43 Å². The molecule has 3 N–H and O–H groups in total. The summed E-state index contributed by atoms with van der Waals surface area (Å²) in [6.45, 7) is 1.13. The van der Waals surface area contributed by atoms with E-state index in [0.717, 1.165) is 10.6 Å². The van der Waals surface area contributed by atoms with Crippen molar-refractivity contribution in [2.45, 2.75) is 0 Å². The number of amidine groups is 1. The van der Waals surface area contributed by atoms with Crippen LogP contribution >= 0.6 is 11.3 Å². The highest BCUT2D eigenvalue weighted by atomic mass is 32.1. The molecule has 0 fully saturated rings. The molecule has 15 heavy (non-hydrogen) atoms. The molecule has 0 radical (unpaired) electrons. The van der Waals surface area contributed by atoms with E-state index < -0.39 is 0 Å². The van der Waals surface area contributed by atoms with Gasteiger partial charge in [0.2, 0.25) is 0 Å². The van der Waals surface area contributed by atoms with Gasteiger partial charge in [0.05, 0.1) is 20.3 Å². The fraction of sp³-hybridized carbons (Fsp3) is 0.444. The third-order valence-electron chi connectivity index (χ3n) is 1.77. The molecule has 0 unspecified atom stereocenters. The molecule has 0 aliphatic carbocycles. The minimum Gasteiger partial charge on any atom is -0.495 e. The maximum absolute atomic E-state index is 5.40. The van der Waals surface area contributed by atoms with Gasteiger partial charge in [0.1, 0.15) is 10.6 Å². The molecule has 6 heteroatoms. The van der Waals surface area contributed by atoms with Crippen LogP contribution in [-0.2, 0) is 4.74 Å². The summed E-state index contributed by atoms with van der Waals surface area (Å²) in [6.07, 6.45) is 0. The molecule has 0 saturated carbocycles. The Kier molecular flexibility index (Phi) is 5.09. The Hall–Kier alpha value is -1.11. The number of rotatable bonds is 5. The summed E-state index contributed by atoms with van der Waals surface area (Å²) >= 11 is 1.53. The highest BCUT2D eigenvalue weighted by Crippen LogP contribution is 2.24. The molecule has 1 heterocycles. The van der Waals surface area contributed by atoms with Gasteiger partial charge in [-0.2, -0.15) is 0 Å².